The van der Waals surface area contributed by atoms with Crippen molar-refractivity contribution in [3.05, 3.63) is 11.4 Å². The molecule has 118 valence electrons. The van der Waals surface area contributed by atoms with Crippen LogP contribution in [-0.2, 0) is 0 Å². The molecule has 0 aliphatic carbocycles. The monoisotopic (exact) mass is 282 g/mol. The lowest BCUT2D eigenvalue weighted by molar-refractivity contribution is 0.134. The van der Waals surface area contributed by atoms with Crippen molar-refractivity contribution in [3.8, 4) is 0 Å². The fourth-order valence-corrected chi connectivity index (χ4v) is 2.69. The van der Waals surface area contributed by atoms with E-state index in [1.807, 2.05) is 0 Å². The van der Waals surface area contributed by atoms with Gasteiger partial charge in [0.25, 0.3) is 0 Å². The summed E-state index contributed by atoms with van der Waals surface area (Å²) < 4.78 is 0. The molecule has 2 rings (SSSR count). The van der Waals surface area contributed by atoms with Crippen LogP contribution in [0.3, 0.4) is 0 Å². The zero-order chi connectivity index (χ0) is 15.9. The molecule has 0 radical (unpaired) electrons. The first-order valence-electron chi connectivity index (χ1n) is 7.45. The Labute approximate surface area is 126 Å². The van der Waals surface area contributed by atoms with Gasteiger partial charge in [0, 0.05) is 36.6 Å². The molecule has 1 saturated heterocycles. The molecular formula is C16H34N4. The van der Waals surface area contributed by atoms with Crippen molar-refractivity contribution in [2.75, 3.05) is 41.5 Å². The molecule has 4 heteroatoms. The van der Waals surface area contributed by atoms with Crippen molar-refractivity contribution < 1.29 is 0 Å². The summed E-state index contributed by atoms with van der Waals surface area (Å²) in [6.45, 7) is 15.6. The quantitative estimate of drug-likeness (QED) is 0.676. The highest BCUT2D eigenvalue weighted by atomic mass is 15.4. The lowest BCUT2D eigenvalue weighted by Crippen LogP contribution is -2.52. The van der Waals surface area contributed by atoms with Crippen LogP contribution in [0.5, 0.6) is 0 Å². The van der Waals surface area contributed by atoms with E-state index in [9.17, 15) is 0 Å². The van der Waals surface area contributed by atoms with Gasteiger partial charge in [-0.1, -0.05) is 0 Å². The number of hydrogen-bond acceptors (Lipinski definition) is 4. The Morgan fingerprint density at radius 2 is 0.950 bits per heavy atom. The second-order valence-electron chi connectivity index (χ2n) is 7.36. The SMILES string of the molecule is CC1=C(C)N(C)CN1C.CN1CN(C)C(C)(C)C1(C)C. The van der Waals surface area contributed by atoms with E-state index in [1.165, 1.54) is 11.4 Å². The van der Waals surface area contributed by atoms with Crippen LogP contribution in [0, 0.1) is 0 Å². The van der Waals surface area contributed by atoms with Crippen LogP contribution in [0.4, 0.5) is 0 Å². The van der Waals surface area contributed by atoms with Crippen LogP contribution in [0.15, 0.2) is 11.4 Å². The van der Waals surface area contributed by atoms with E-state index < -0.39 is 0 Å². The Hall–Kier alpha value is -0.740. The predicted molar refractivity (Wildman–Crippen MR) is 87.3 cm³/mol. The summed E-state index contributed by atoms with van der Waals surface area (Å²) >= 11 is 0. The molecule has 1 fully saturated rings. The number of rotatable bonds is 0. The average Bonchev–Trinajstić information content (AvgIpc) is 2.63. The molecule has 0 N–H and O–H groups in total. The molecule has 0 bridgehead atoms. The fourth-order valence-electron chi connectivity index (χ4n) is 2.69. The fraction of sp³-hybridized carbons (Fsp3) is 0.875. The van der Waals surface area contributed by atoms with Gasteiger partial charge in [-0.3, -0.25) is 9.80 Å². The molecule has 0 unspecified atom stereocenters. The largest absolute Gasteiger partial charge is 0.359 e. The molecule has 0 amide bonds. The zero-order valence-electron chi connectivity index (χ0n) is 15.2. The maximum atomic E-state index is 2.40. The second kappa shape index (κ2) is 5.57. The molecule has 0 aromatic carbocycles. The third kappa shape index (κ3) is 2.82. The van der Waals surface area contributed by atoms with E-state index >= 15 is 0 Å². The van der Waals surface area contributed by atoms with Gasteiger partial charge in [0.1, 0.15) is 0 Å². The van der Waals surface area contributed by atoms with Gasteiger partial charge in [0.05, 0.1) is 13.3 Å². The lowest BCUT2D eigenvalue weighted by Gasteiger charge is -2.40. The van der Waals surface area contributed by atoms with Gasteiger partial charge in [-0.25, -0.2) is 0 Å². The van der Waals surface area contributed by atoms with Gasteiger partial charge in [-0.05, 0) is 55.6 Å². The van der Waals surface area contributed by atoms with Crippen molar-refractivity contribution in [3.63, 3.8) is 0 Å². The maximum absolute atomic E-state index is 2.40. The Morgan fingerprint density at radius 3 is 1.05 bits per heavy atom. The molecule has 0 atom stereocenters. The summed E-state index contributed by atoms with van der Waals surface area (Å²) in [6.07, 6.45) is 0. The van der Waals surface area contributed by atoms with Gasteiger partial charge in [-0.2, -0.15) is 0 Å². The van der Waals surface area contributed by atoms with Crippen LogP contribution in [0.25, 0.3) is 0 Å². The Balaban J connectivity index is 0.000000204. The van der Waals surface area contributed by atoms with E-state index in [1.54, 1.807) is 0 Å². The zero-order valence-corrected chi connectivity index (χ0v) is 15.2. The molecule has 2 aliphatic heterocycles. The molecule has 0 saturated carbocycles. The highest BCUT2D eigenvalue weighted by Crippen LogP contribution is 2.37. The van der Waals surface area contributed by atoms with Crippen LogP contribution in [0.2, 0.25) is 0 Å². The molecular weight excluding hydrogens is 248 g/mol. The van der Waals surface area contributed by atoms with E-state index in [2.05, 4.69) is 89.3 Å². The summed E-state index contributed by atoms with van der Waals surface area (Å²) in [4.78, 5) is 9.28. The van der Waals surface area contributed by atoms with Crippen LogP contribution < -0.4 is 0 Å². The number of allylic oxidation sites excluding steroid dienone is 2. The molecule has 0 aromatic heterocycles. The second-order valence-corrected chi connectivity index (χ2v) is 7.36. The number of nitrogens with zero attached hydrogens (tertiary/aromatic N) is 4. The van der Waals surface area contributed by atoms with Crippen molar-refractivity contribution in [2.24, 2.45) is 0 Å². The number of likely N-dealkylation sites (N-methyl/N-ethyl adjacent to an activating group) is 2. The summed E-state index contributed by atoms with van der Waals surface area (Å²) in [5.74, 6) is 0. The first kappa shape index (κ1) is 17.3. The molecule has 2 heterocycles. The standard InChI is InChI=1S/C9H20N2.C7H14N2/c1-8(2)9(3,4)11(6)7-10(8)5;1-6-7(2)9(4)5-8(6)3/h7H2,1-6H3;5H2,1-4H3. The summed E-state index contributed by atoms with van der Waals surface area (Å²) in [7, 11) is 8.60. The van der Waals surface area contributed by atoms with Gasteiger partial charge < -0.3 is 9.80 Å². The normalized spacial score (nSPS) is 26.1. The summed E-state index contributed by atoms with van der Waals surface area (Å²) in [5, 5.41) is 0. The van der Waals surface area contributed by atoms with Crippen molar-refractivity contribution in [2.45, 2.75) is 52.6 Å². The Bertz CT molecular complexity index is 350. The van der Waals surface area contributed by atoms with Gasteiger partial charge in [0.2, 0.25) is 0 Å². The smallest absolute Gasteiger partial charge is 0.0892 e. The molecule has 0 spiro atoms. The molecule has 4 nitrogen and oxygen atoms in total. The minimum Gasteiger partial charge on any atom is -0.359 e. The first-order chi connectivity index (χ1) is 8.92. The van der Waals surface area contributed by atoms with Crippen LogP contribution in [0.1, 0.15) is 41.5 Å². The van der Waals surface area contributed by atoms with Crippen molar-refractivity contribution in [1.29, 1.82) is 0 Å². The van der Waals surface area contributed by atoms with E-state index in [4.69, 9.17) is 0 Å². The van der Waals surface area contributed by atoms with Crippen molar-refractivity contribution >= 4 is 0 Å². The minimum atomic E-state index is 0.280. The average molecular weight is 282 g/mol. The summed E-state index contributed by atoms with van der Waals surface area (Å²) in [6, 6.07) is 0. The van der Waals surface area contributed by atoms with Crippen LogP contribution in [-0.4, -0.2) is 72.2 Å². The molecule has 2 aliphatic rings. The first-order valence-corrected chi connectivity index (χ1v) is 7.45. The third-order valence-corrected chi connectivity index (χ3v) is 5.92. The van der Waals surface area contributed by atoms with E-state index in [0.717, 1.165) is 13.3 Å². The topological polar surface area (TPSA) is 13.0 Å². The third-order valence-electron chi connectivity index (χ3n) is 5.92. The van der Waals surface area contributed by atoms with Gasteiger partial charge in [0.15, 0.2) is 0 Å². The predicted octanol–water partition coefficient (Wildman–Crippen LogP) is 2.45. The van der Waals surface area contributed by atoms with E-state index in [-0.39, 0.29) is 11.1 Å². The molecule has 20 heavy (non-hydrogen) atoms. The Morgan fingerprint density at radius 1 is 0.650 bits per heavy atom. The highest BCUT2D eigenvalue weighted by molar-refractivity contribution is 5.11. The lowest BCUT2D eigenvalue weighted by atomic mass is 9.83. The van der Waals surface area contributed by atoms with Gasteiger partial charge in [-0.15, -0.1) is 0 Å². The maximum Gasteiger partial charge on any atom is 0.0892 e. The summed E-state index contributed by atoms with van der Waals surface area (Å²) in [5.41, 5.74) is 3.33. The van der Waals surface area contributed by atoms with Crippen molar-refractivity contribution in [1.82, 2.24) is 19.6 Å². The van der Waals surface area contributed by atoms with E-state index in [0.29, 0.717) is 0 Å². The highest BCUT2D eigenvalue weighted by Gasteiger charge is 2.48. The minimum absolute atomic E-state index is 0.280. The van der Waals surface area contributed by atoms with Crippen LogP contribution >= 0.6 is 0 Å². The Kier molecular flexibility index (Phi) is 4.82. The number of hydrogen-bond donors (Lipinski definition) is 0. The van der Waals surface area contributed by atoms with Gasteiger partial charge >= 0.3 is 0 Å². The molecule has 0 aromatic rings.